The SMILES string of the molecule is CCCC(C)CCCC(CC)c1ccc(S(=O)(=O)OC)cc1. The molecule has 0 spiro atoms. The van der Waals surface area contributed by atoms with E-state index in [1.807, 2.05) is 12.1 Å². The third-order valence-electron chi connectivity index (χ3n) is 4.38. The van der Waals surface area contributed by atoms with E-state index in [0.717, 1.165) is 12.3 Å². The van der Waals surface area contributed by atoms with Crippen molar-refractivity contribution < 1.29 is 12.6 Å². The fraction of sp³-hybridized carbons (Fsp3) is 0.667. The first-order valence-electron chi connectivity index (χ1n) is 8.35. The minimum Gasteiger partial charge on any atom is -0.270 e. The molecule has 1 aromatic carbocycles. The van der Waals surface area contributed by atoms with Crippen molar-refractivity contribution in [3.8, 4) is 0 Å². The molecule has 0 bridgehead atoms. The second-order valence-corrected chi connectivity index (χ2v) is 7.83. The van der Waals surface area contributed by atoms with Crippen molar-refractivity contribution in [1.82, 2.24) is 0 Å². The zero-order valence-corrected chi connectivity index (χ0v) is 15.2. The van der Waals surface area contributed by atoms with Gasteiger partial charge in [0.1, 0.15) is 0 Å². The van der Waals surface area contributed by atoms with Gasteiger partial charge in [0.25, 0.3) is 10.1 Å². The maximum atomic E-state index is 11.6. The Morgan fingerprint density at radius 1 is 1.05 bits per heavy atom. The highest BCUT2D eigenvalue weighted by Gasteiger charge is 2.15. The summed E-state index contributed by atoms with van der Waals surface area (Å²) in [5.41, 5.74) is 1.22. The lowest BCUT2D eigenvalue weighted by Crippen LogP contribution is -2.04. The molecule has 0 fully saturated rings. The van der Waals surface area contributed by atoms with Crippen LogP contribution in [0, 0.1) is 5.92 Å². The Kier molecular flexibility index (Phi) is 8.12. The monoisotopic (exact) mass is 326 g/mol. The average molecular weight is 327 g/mol. The lowest BCUT2D eigenvalue weighted by molar-refractivity contribution is 0.397. The second kappa shape index (κ2) is 9.31. The summed E-state index contributed by atoms with van der Waals surface area (Å²) in [6.07, 6.45) is 7.33. The van der Waals surface area contributed by atoms with E-state index in [-0.39, 0.29) is 4.90 Å². The molecule has 2 atom stereocenters. The maximum Gasteiger partial charge on any atom is 0.296 e. The smallest absolute Gasteiger partial charge is 0.270 e. The first-order valence-corrected chi connectivity index (χ1v) is 9.76. The molecule has 0 aliphatic rings. The summed E-state index contributed by atoms with van der Waals surface area (Å²) in [5.74, 6) is 1.31. The molecule has 3 nitrogen and oxygen atoms in total. The molecular weight excluding hydrogens is 296 g/mol. The van der Waals surface area contributed by atoms with Crippen LogP contribution in [0.4, 0.5) is 0 Å². The van der Waals surface area contributed by atoms with Gasteiger partial charge in [0.2, 0.25) is 0 Å². The largest absolute Gasteiger partial charge is 0.296 e. The van der Waals surface area contributed by atoms with Gasteiger partial charge in [0.05, 0.1) is 12.0 Å². The summed E-state index contributed by atoms with van der Waals surface area (Å²) in [6, 6.07) is 7.15. The molecule has 2 unspecified atom stereocenters. The van der Waals surface area contributed by atoms with Crippen molar-refractivity contribution in [1.29, 1.82) is 0 Å². The highest BCUT2D eigenvalue weighted by molar-refractivity contribution is 7.86. The van der Waals surface area contributed by atoms with Crippen LogP contribution in [0.25, 0.3) is 0 Å². The third-order valence-corrected chi connectivity index (χ3v) is 5.67. The van der Waals surface area contributed by atoms with Crippen LogP contribution in [0.15, 0.2) is 29.2 Å². The molecule has 22 heavy (non-hydrogen) atoms. The summed E-state index contributed by atoms with van der Waals surface area (Å²) < 4.78 is 27.8. The van der Waals surface area contributed by atoms with Gasteiger partial charge in [0.15, 0.2) is 0 Å². The van der Waals surface area contributed by atoms with Crippen molar-refractivity contribution >= 4 is 10.1 Å². The van der Waals surface area contributed by atoms with Crippen LogP contribution in [0.3, 0.4) is 0 Å². The lowest BCUT2D eigenvalue weighted by atomic mass is 9.89. The van der Waals surface area contributed by atoms with Crippen molar-refractivity contribution in [2.75, 3.05) is 7.11 Å². The number of benzene rings is 1. The van der Waals surface area contributed by atoms with Gasteiger partial charge in [-0.15, -0.1) is 0 Å². The van der Waals surface area contributed by atoms with Crippen molar-refractivity contribution in [3.05, 3.63) is 29.8 Å². The van der Waals surface area contributed by atoms with Gasteiger partial charge in [-0.2, -0.15) is 8.42 Å². The van der Waals surface area contributed by atoms with E-state index < -0.39 is 10.1 Å². The van der Waals surface area contributed by atoms with Gasteiger partial charge < -0.3 is 0 Å². The summed E-state index contributed by atoms with van der Waals surface area (Å²) in [7, 11) is -2.39. The first-order chi connectivity index (χ1) is 10.4. The average Bonchev–Trinajstić information content (AvgIpc) is 2.52. The van der Waals surface area contributed by atoms with E-state index in [0.29, 0.717) is 5.92 Å². The Morgan fingerprint density at radius 3 is 2.18 bits per heavy atom. The molecule has 0 aliphatic heterocycles. The van der Waals surface area contributed by atoms with Crippen LogP contribution in [-0.4, -0.2) is 15.5 Å². The summed E-state index contributed by atoms with van der Waals surface area (Å²) in [6.45, 7) is 6.76. The van der Waals surface area contributed by atoms with Gasteiger partial charge in [-0.1, -0.05) is 58.6 Å². The highest BCUT2D eigenvalue weighted by atomic mass is 32.2. The van der Waals surface area contributed by atoms with Crippen LogP contribution in [0.1, 0.15) is 70.8 Å². The van der Waals surface area contributed by atoms with Crippen LogP contribution < -0.4 is 0 Å². The van der Waals surface area contributed by atoms with Gasteiger partial charge in [0, 0.05) is 0 Å². The van der Waals surface area contributed by atoms with Gasteiger partial charge in [-0.25, -0.2) is 0 Å². The van der Waals surface area contributed by atoms with E-state index >= 15 is 0 Å². The molecule has 4 heteroatoms. The quantitative estimate of drug-likeness (QED) is 0.560. The fourth-order valence-corrected chi connectivity index (χ4v) is 3.62. The Balaban J connectivity index is 2.64. The molecule has 0 saturated carbocycles. The maximum absolute atomic E-state index is 11.6. The van der Waals surface area contributed by atoms with Crippen molar-refractivity contribution in [2.45, 2.75) is 70.1 Å². The van der Waals surface area contributed by atoms with E-state index in [4.69, 9.17) is 0 Å². The molecule has 0 N–H and O–H groups in total. The third kappa shape index (κ3) is 5.73. The molecule has 0 radical (unpaired) electrons. The van der Waals surface area contributed by atoms with Gasteiger partial charge >= 0.3 is 0 Å². The van der Waals surface area contributed by atoms with E-state index in [1.54, 1.807) is 12.1 Å². The molecule has 0 heterocycles. The molecular formula is C18H30O3S. The Labute approximate surface area is 136 Å². The van der Waals surface area contributed by atoms with Crippen LogP contribution in [0.5, 0.6) is 0 Å². The molecule has 0 aliphatic carbocycles. The number of hydrogen-bond donors (Lipinski definition) is 0. The van der Waals surface area contributed by atoms with Crippen molar-refractivity contribution in [2.24, 2.45) is 5.92 Å². The zero-order valence-electron chi connectivity index (χ0n) is 14.3. The molecule has 126 valence electrons. The predicted molar refractivity (Wildman–Crippen MR) is 91.6 cm³/mol. The number of hydrogen-bond acceptors (Lipinski definition) is 3. The Morgan fingerprint density at radius 2 is 1.68 bits per heavy atom. The molecule has 0 amide bonds. The van der Waals surface area contributed by atoms with Crippen molar-refractivity contribution in [3.63, 3.8) is 0 Å². The van der Waals surface area contributed by atoms with Gasteiger partial charge in [-0.05, 0) is 42.4 Å². The standard InChI is InChI=1S/C18H30O3S/c1-5-8-15(3)9-7-10-16(6-2)17-11-13-18(14-12-17)22(19,20)21-4/h11-16H,5-10H2,1-4H3. The van der Waals surface area contributed by atoms with Crippen LogP contribution >= 0.6 is 0 Å². The van der Waals surface area contributed by atoms with Gasteiger partial charge in [-0.3, -0.25) is 4.18 Å². The number of rotatable bonds is 10. The topological polar surface area (TPSA) is 43.4 Å². The zero-order chi connectivity index (χ0) is 16.6. The normalized spacial score (nSPS) is 14.7. The summed E-state index contributed by atoms with van der Waals surface area (Å²) in [5, 5.41) is 0. The molecule has 1 aromatic rings. The van der Waals surface area contributed by atoms with Crippen LogP contribution in [-0.2, 0) is 14.3 Å². The predicted octanol–water partition coefficient (Wildman–Crippen LogP) is 5.12. The Bertz CT molecular complexity index is 520. The van der Waals surface area contributed by atoms with E-state index in [2.05, 4.69) is 25.0 Å². The summed E-state index contributed by atoms with van der Waals surface area (Å²) in [4.78, 5) is 0.227. The first kappa shape index (κ1) is 19.2. The Hall–Kier alpha value is -0.870. The second-order valence-electron chi connectivity index (χ2n) is 6.12. The van der Waals surface area contributed by atoms with Crippen LogP contribution in [0.2, 0.25) is 0 Å². The van der Waals surface area contributed by atoms with E-state index in [9.17, 15) is 8.42 Å². The van der Waals surface area contributed by atoms with E-state index in [1.165, 1.54) is 44.8 Å². The molecule has 0 aromatic heterocycles. The minimum absolute atomic E-state index is 0.227. The highest BCUT2D eigenvalue weighted by Crippen LogP contribution is 2.28. The lowest BCUT2D eigenvalue weighted by Gasteiger charge is -2.17. The molecule has 1 rings (SSSR count). The molecule has 0 saturated heterocycles. The minimum atomic E-state index is -3.58. The summed E-state index contributed by atoms with van der Waals surface area (Å²) >= 11 is 0. The fourth-order valence-electron chi connectivity index (χ4n) is 2.96.